The monoisotopic (exact) mass is 330 g/mol. The van der Waals surface area contributed by atoms with E-state index in [1.54, 1.807) is 30.5 Å². The fraction of sp³-hybridized carbons (Fsp3) is 0.0909. The van der Waals surface area contributed by atoms with Crippen LogP contribution in [-0.4, -0.2) is 21.1 Å². The molecule has 0 saturated carbocycles. The number of hydrogen-bond donors (Lipinski definition) is 1. The number of nitro groups is 1. The molecule has 1 aromatic heterocycles. The van der Waals surface area contributed by atoms with E-state index in [4.69, 9.17) is 23.2 Å². The molecule has 20 heavy (non-hydrogen) atoms. The maximum Gasteiger partial charge on any atom is 0.348 e. The highest BCUT2D eigenvalue weighted by Crippen LogP contribution is 2.33. The molecular formula is C11H8Cl2N4O2S. The Morgan fingerprint density at radius 3 is 2.45 bits per heavy atom. The molecule has 0 fully saturated rings. The zero-order valence-electron chi connectivity index (χ0n) is 10.1. The molecule has 9 heteroatoms. The third kappa shape index (κ3) is 3.30. The van der Waals surface area contributed by atoms with Gasteiger partial charge in [0, 0.05) is 10.7 Å². The number of nitrogens with zero attached hydrogens (tertiary/aromatic N) is 3. The van der Waals surface area contributed by atoms with Gasteiger partial charge in [-0.25, -0.2) is 4.98 Å². The van der Waals surface area contributed by atoms with Crippen molar-refractivity contribution in [2.24, 2.45) is 0 Å². The Hall–Kier alpha value is -1.57. The van der Waals surface area contributed by atoms with Gasteiger partial charge in [-0.2, -0.15) is 4.98 Å². The Labute approximate surface area is 128 Å². The van der Waals surface area contributed by atoms with Crippen molar-refractivity contribution < 1.29 is 4.92 Å². The minimum Gasteiger partial charge on any atom is -0.334 e. The summed E-state index contributed by atoms with van der Waals surface area (Å²) in [5, 5.41) is 14.6. The number of nitrogens with one attached hydrogen (secondary N) is 1. The van der Waals surface area contributed by atoms with Crippen LogP contribution in [0.4, 0.5) is 17.2 Å². The summed E-state index contributed by atoms with van der Waals surface area (Å²) in [5.74, 6) is 0.0432. The lowest BCUT2D eigenvalue weighted by molar-refractivity contribution is -0.384. The molecule has 0 amide bonds. The minimum absolute atomic E-state index is 0.0432. The standard InChI is InChI=1S/C11H8Cl2N4O2S/c1-20-11-15-9(13)8(17(18)19)10(16-11)14-7-4-2-6(12)3-5-7/h2-5H,1H3,(H,14,15,16). The Morgan fingerprint density at radius 1 is 1.25 bits per heavy atom. The van der Waals surface area contributed by atoms with E-state index in [0.29, 0.717) is 15.9 Å². The van der Waals surface area contributed by atoms with E-state index in [-0.39, 0.29) is 16.7 Å². The van der Waals surface area contributed by atoms with Crippen LogP contribution in [0.3, 0.4) is 0 Å². The summed E-state index contributed by atoms with van der Waals surface area (Å²) in [4.78, 5) is 18.4. The van der Waals surface area contributed by atoms with E-state index in [1.165, 1.54) is 11.8 Å². The van der Waals surface area contributed by atoms with Crippen molar-refractivity contribution >= 4 is 52.2 Å². The summed E-state index contributed by atoms with van der Waals surface area (Å²) in [6.07, 6.45) is 1.75. The van der Waals surface area contributed by atoms with Gasteiger partial charge in [0.15, 0.2) is 5.16 Å². The predicted molar refractivity (Wildman–Crippen MR) is 80.2 cm³/mol. The second-order valence-corrected chi connectivity index (χ2v) is 5.16. The van der Waals surface area contributed by atoms with Gasteiger partial charge in [0.05, 0.1) is 4.92 Å². The lowest BCUT2D eigenvalue weighted by Crippen LogP contribution is -2.03. The SMILES string of the molecule is CSc1nc(Cl)c([N+](=O)[O-])c(Nc2ccc(Cl)cc2)n1. The lowest BCUT2D eigenvalue weighted by Gasteiger charge is -2.08. The van der Waals surface area contributed by atoms with Crippen LogP contribution in [-0.2, 0) is 0 Å². The molecule has 2 aromatic rings. The molecule has 0 spiro atoms. The van der Waals surface area contributed by atoms with Gasteiger partial charge in [0.25, 0.3) is 0 Å². The molecule has 1 heterocycles. The van der Waals surface area contributed by atoms with E-state index < -0.39 is 4.92 Å². The molecule has 1 N–H and O–H groups in total. The molecule has 1 aromatic carbocycles. The summed E-state index contributed by atoms with van der Waals surface area (Å²) in [5.41, 5.74) is 0.249. The smallest absolute Gasteiger partial charge is 0.334 e. The number of benzene rings is 1. The van der Waals surface area contributed by atoms with E-state index in [2.05, 4.69) is 15.3 Å². The summed E-state index contributed by atoms with van der Waals surface area (Å²) in [6.45, 7) is 0. The molecule has 0 aliphatic rings. The van der Waals surface area contributed by atoms with Crippen LogP contribution in [0.2, 0.25) is 10.2 Å². The van der Waals surface area contributed by atoms with Gasteiger partial charge in [-0.1, -0.05) is 35.0 Å². The maximum atomic E-state index is 11.1. The zero-order chi connectivity index (χ0) is 14.7. The molecule has 2 rings (SSSR count). The third-order valence-electron chi connectivity index (χ3n) is 2.29. The first-order valence-electron chi connectivity index (χ1n) is 5.29. The molecular weight excluding hydrogens is 323 g/mol. The van der Waals surface area contributed by atoms with E-state index in [9.17, 15) is 10.1 Å². The van der Waals surface area contributed by atoms with Crippen molar-refractivity contribution in [2.45, 2.75) is 5.16 Å². The highest BCUT2D eigenvalue weighted by Gasteiger charge is 2.23. The maximum absolute atomic E-state index is 11.1. The largest absolute Gasteiger partial charge is 0.348 e. The number of anilines is 2. The second kappa shape index (κ2) is 6.25. The Balaban J connectivity index is 2.45. The predicted octanol–water partition coefficient (Wildman–Crippen LogP) is 4.16. The topological polar surface area (TPSA) is 81.0 Å². The van der Waals surface area contributed by atoms with Crippen molar-refractivity contribution in [1.29, 1.82) is 0 Å². The number of thioether (sulfide) groups is 1. The molecule has 0 radical (unpaired) electrons. The van der Waals surface area contributed by atoms with Crippen LogP contribution in [0.25, 0.3) is 0 Å². The fourth-order valence-electron chi connectivity index (χ4n) is 1.42. The van der Waals surface area contributed by atoms with Gasteiger partial charge in [-0.3, -0.25) is 10.1 Å². The number of aromatic nitrogens is 2. The Kier molecular flexibility index (Phi) is 4.64. The van der Waals surface area contributed by atoms with Crippen molar-refractivity contribution in [3.63, 3.8) is 0 Å². The van der Waals surface area contributed by atoms with Gasteiger partial charge < -0.3 is 5.32 Å². The molecule has 104 valence electrons. The molecule has 0 unspecified atom stereocenters. The van der Waals surface area contributed by atoms with Gasteiger partial charge >= 0.3 is 5.69 Å². The van der Waals surface area contributed by atoms with Crippen LogP contribution >= 0.6 is 35.0 Å². The molecule has 6 nitrogen and oxygen atoms in total. The highest BCUT2D eigenvalue weighted by atomic mass is 35.5. The van der Waals surface area contributed by atoms with Gasteiger partial charge in [0.2, 0.25) is 11.0 Å². The molecule has 0 bridgehead atoms. The molecule has 0 aliphatic carbocycles. The molecule has 0 saturated heterocycles. The summed E-state index contributed by atoms with van der Waals surface area (Å²) < 4.78 is 0. The normalized spacial score (nSPS) is 10.3. The van der Waals surface area contributed by atoms with E-state index in [0.717, 1.165) is 0 Å². The van der Waals surface area contributed by atoms with Crippen LogP contribution in [0, 0.1) is 10.1 Å². The molecule has 0 atom stereocenters. The Morgan fingerprint density at radius 2 is 1.90 bits per heavy atom. The lowest BCUT2D eigenvalue weighted by atomic mass is 10.3. The quantitative estimate of drug-likeness (QED) is 0.298. The summed E-state index contributed by atoms with van der Waals surface area (Å²) in [7, 11) is 0. The van der Waals surface area contributed by atoms with Crippen molar-refractivity contribution in [3.8, 4) is 0 Å². The van der Waals surface area contributed by atoms with E-state index >= 15 is 0 Å². The van der Waals surface area contributed by atoms with Crippen molar-refractivity contribution in [3.05, 3.63) is 44.6 Å². The fourth-order valence-corrected chi connectivity index (χ4v) is 2.20. The minimum atomic E-state index is -0.620. The Bertz CT molecular complexity index is 652. The van der Waals surface area contributed by atoms with Gasteiger partial charge in [-0.05, 0) is 30.5 Å². The number of rotatable bonds is 4. The van der Waals surface area contributed by atoms with Crippen molar-refractivity contribution in [1.82, 2.24) is 9.97 Å². The summed E-state index contributed by atoms with van der Waals surface area (Å²) in [6, 6.07) is 6.68. The van der Waals surface area contributed by atoms with Gasteiger partial charge in [-0.15, -0.1) is 0 Å². The van der Waals surface area contributed by atoms with Crippen LogP contribution in [0.5, 0.6) is 0 Å². The van der Waals surface area contributed by atoms with E-state index in [1.807, 2.05) is 0 Å². The van der Waals surface area contributed by atoms with Crippen molar-refractivity contribution in [2.75, 3.05) is 11.6 Å². The second-order valence-electron chi connectivity index (χ2n) is 3.59. The van der Waals surface area contributed by atoms with Crippen LogP contribution < -0.4 is 5.32 Å². The summed E-state index contributed by atoms with van der Waals surface area (Å²) >= 11 is 12.9. The van der Waals surface area contributed by atoms with Gasteiger partial charge in [0.1, 0.15) is 0 Å². The van der Waals surface area contributed by atoms with Crippen LogP contribution in [0.15, 0.2) is 29.4 Å². The highest BCUT2D eigenvalue weighted by molar-refractivity contribution is 7.98. The molecule has 0 aliphatic heterocycles. The third-order valence-corrected chi connectivity index (χ3v) is 3.36. The van der Waals surface area contributed by atoms with Crippen LogP contribution in [0.1, 0.15) is 0 Å². The number of hydrogen-bond acceptors (Lipinski definition) is 6. The average Bonchev–Trinajstić information content (AvgIpc) is 2.40. The first-order valence-corrected chi connectivity index (χ1v) is 7.28. The number of halogens is 2. The first-order chi connectivity index (χ1) is 9.51. The average molecular weight is 331 g/mol. The zero-order valence-corrected chi connectivity index (χ0v) is 12.5. The first kappa shape index (κ1) is 14.8.